The van der Waals surface area contributed by atoms with E-state index in [9.17, 15) is 19.1 Å². The number of phenolic OH excluding ortho intramolecular Hbond substituents is 1. The molecule has 0 unspecified atom stereocenters. The molecule has 39 heavy (non-hydrogen) atoms. The number of hydrogen-bond donors (Lipinski definition) is 1. The first-order chi connectivity index (χ1) is 18.8. The number of esters is 1. The summed E-state index contributed by atoms with van der Waals surface area (Å²) in [5.74, 6) is 0.752. The second-order valence-corrected chi connectivity index (χ2v) is 8.97. The molecule has 0 aliphatic rings. The molecule has 0 saturated heterocycles. The van der Waals surface area contributed by atoms with Gasteiger partial charge in [-0.2, -0.15) is 0 Å². The van der Waals surface area contributed by atoms with Crippen LogP contribution in [0.25, 0.3) is 11.1 Å². The van der Waals surface area contributed by atoms with Gasteiger partial charge in [0.2, 0.25) is 0 Å². The van der Waals surface area contributed by atoms with Gasteiger partial charge in [-0.15, -0.1) is 0 Å². The van der Waals surface area contributed by atoms with Crippen LogP contribution >= 0.6 is 15.9 Å². The third-order valence-corrected chi connectivity index (χ3v) is 5.91. The molecule has 3 aromatic carbocycles. The fourth-order valence-corrected chi connectivity index (χ4v) is 3.75. The van der Waals surface area contributed by atoms with Crippen molar-refractivity contribution < 1.29 is 38.0 Å². The number of halogens is 2. The van der Waals surface area contributed by atoms with E-state index in [1.807, 2.05) is 20.8 Å². The maximum absolute atomic E-state index is 13.2. The third-order valence-electron chi connectivity index (χ3n) is 5.11. The predicted octanol–water partition coefficient (Wildman–Crippen LogP) is 7.61. The van der Waals surface area contributed by atoms with Gasteiger partial charge in [0.25, 0.3) is 0 Å². The van der Waals surface area contributed by atoms with Crippen LogP contribution in [0.1, 0.15) is 61.3 Å². The summed E-state index contributed by atoms with van der Waals surface area (Å²) >= 11 is 3.21. The van der Waals surface area contributed by atoms with E-state index in [2.05, 4.69) is 15.9 Å². The number of carbonyl (C=O) groups excluding carboxylic acids is 2. The van der Waals surface area contributed by atoms with Crippen molar-refractivity contribution in [3.05, 3.63) is 69.9 Å². The summed E-state index contributed by atoms with van der Waals surface area (Å²) in [6.07, 6.45) is 2.45. The molecule has 0 bridgehead atoms. The van der Waals surface area contributed by atoms with Crippen molar-refractivity contribution in [3.63, 3.8) is 0 Å². The fraction of sp³-hybridized carbons (Fsp3) is 0.333. The third kappa shape index (κ3) is 9.28. The Hall–Kier alpha value is -3.59. The first-order valence-electron chi connectivity index (χ1n) is 12.8. The van der Waals surface area contributed by atoms with E-state index in [1.54, 1.807) is 37.3 Å². The highest BCUT2D eigenvalue weighted by Gasteiger charge is 2.16. The van der Waals surface area contributed by atoms with Crippen molar-refractivity contribution in [2.45, 2.75) is 40.5 Å². The van der Waals surface area contributed by atoms with E-state index in [1.165, 1.54) is 18.2 Å². The number of benzene rings is 3. The van der Waals surface area contributed by atoms with Crippen molar-refractivity contribution in [2.24, 2.45) is 0 Å². The van der Waals surface area contributed by atoms with E-state index in [4.69, 9.17) is 18.9 Å². The lowest BCUT2D eigenvalue weighted by molar-refractivity contribution is 0.0525. The molecule has 1 N–H and O–H groups in total. The lowest BCUT2D eigenvalue weighted by Crippen LogP contribution is -2.05. The SMILES string of the molecule is CCCOc1cc(C(=O)OCC)cc(O)c1Br.CCCOc1cc(C=O)cc(OCC)c1-c1ccc(F)cc1. The van der Waals surface area contributed by atoms with Crippen LogP contribution in [0.3, 0.4) is 0 Å². The Morgan fingerprint density at radius 2 is 1.46 bits per heavy atom. The van der Waals surface area contributed by atoms with Gasteiger partial charge in [0.15, 0.2) is 0 Å². The molecule has 3 rings (SSSR count). The van der Waals surface area contributed by atoms with Crippen LogP contribution < -0.4 is 14.2 Å². The molecule has 0 aromatic heterocycles. The van der Waals surface area contributed by atoms with Gasteiger partial charge >= 0.3 is 5.97 Å². The van der Waals surface area contributed by atoms with Crippen molar-refractivity contribution in [1.82, 2.24) is 0 Å². The van der Waals surface area contributed by atoms with Crippen LogP contribution in [-0.2, 0) is 4.74 Å². The molecular formula is C30H34BrFO7. The van der Waals surface area contributed by atoms with Gasteiger partial charge in [-0.1, -0.05) is 26.0 Å². The second kappa shape index (κ2) is 16.4. The molecule has 0 saturated carbocycles. The molecule has 0 aliphatic heterocycles. The monoisotopic (exact) mass is 604 g/mol. The highest BCUT2D eigenvalue weighted by molar-refractivity contribution is 9.10. The smallest absolute Gasteiger partial charge is 0.338 e. The quantitative estimate of drug-likeness (QED) is 0.168. The standard InChI is InChI=1S/C18H19FO3.C12H15BrO4/c1-3-9-22-17-11-13(12-20)10-16(21-4-2)18(17)14-5-7-15(19)8-6-14;1-3-5-17-10-7-8(12(15)16-4-2)6-9(14)11(10)13/h5-8,10-12H,3-4,9H2,1-2H3;6-7,14H,3-5H2,1-2H3. The number of phenols is 1. The van der Waals surface area contributed by atoms with Gasteiger partial charge in [-0.3, -0.25) is 4.79 Å². The summed E-state index contributed by atoms with van der Waals surface area (Å²) in [4.78, 5) is 22.7. The Labute approximate surface area is 237 Å². The van der Waals surface area contributed by atoms with Crippen molar-refractivity contribution >= 4 is 28.2 Å². The molecule has 0 heterocycles. The number of carbonyl (C=O) groups is 2. The zero-order valence-electron chi connectivity index (χ0n) is 22.6. The second-order valence-electron chi connectivity index (χ2n) is 8.17. The molecule has 0 fully saturated rings. The van der Waals surface area contributed by atoms with Gasteiger partial charge in [0.05, 0.1) is 37.6 Å². The molecular weight excluding hydrogens is 571 g/mol. The summed E-state index contributed by atoms with van der Waals surface area (Å²) in [5, 5.41) is 9.66. The summed E-state index contributed by atoms with van der Waals surface area (Å²) < 4.78 is 35.3. The molecule has 0 atom stereocenters. The number of rotatable bonds is 12. The average Bonchev–Trinajstić information content (AvgIpc) is 2.93. The minimum absolute atomic E-state index is 0.0401. The summed E-state index contributed by atoms with van der Waals surface area (Å²) in [6.45, 7) is 9.38. The van der Waals surface area contributed by atoms with E-state index >= 15 is 0 Å². The first-order valence-corrected chi connectivity index (χ1v) is 13.6. The Kier molecular flexibility index (Phi) is 13.3. The fourth-order valence-electron chi connectivity index (χ4n) is 3.41. The Balaban J connectivity index is 0.000000283. The Morgan fingerprint density at radius 3 is 2.00 bits per heavy atom. The van der Waals surface area contributed by atoms with Crippen LogP contribution in [0.15, 0.2) is 53.0 Å². The summed E-state index contributed by atoms with van der Waals surface area (Å²) in [7, 11) is 0. The number of ether oxygens (including phenoxy) is 4. The Bertz CT molecular complexity index is 1230. The lowest BCUT2D eigenvalue weighted by atomic mass is 10.0. The predicted molar refractivity (Wildman–Crippen MR) is 152 cm³/mol. The van der Waals surface area contributed by atoms with E-state index < -0.39 is 5.97 Å². The maximum atomic E-state index is 13.2. The number of hydrogen-bond acceptors (Lipinski definition) is 7. The lowest BCUT2D eigenvalue weighted by Gasteiger charge is -2.17. The normalized spacial score (nSPS) is 10.2. The van der Waals surface area contributed by atoms with Crippen LogP contribution in [0.4, 0.5) is 4.39 Å². The van der Waals surface area contributed by atoms with Crippen molar-refractivity contribution in [3.8, 4) is 34.1 Å². The van der Waals surface area contributed by atoms with Crippen molar-refractivity contribution in [2.75, 3.05) is 26.4 Å². The molecule has 0 aliphatic carbocycles. The van der Waals surface area contributed by atoms with Crippen LogP contribution in [-0.4, -0.2) is 43.8 Å². The first kappa shape index (κ1) is 31.6. The molecule has 9 heteroatoms. The molecule has 7 nitrogen and oxygen atoms in total. The van der Waals surface area contributed by atoms with Gasteiger partial charge in [0, 0.05) is 5.56 Å². The van der Waals surface area contributed by atoms with Gasteiger partial charge in [-0.05, 0) is 84.6 Å². The zero-order chi connectivity index (χ0) is 28.8. The van der Waals surface area contributed by atoms with Gasteiger partial charge in [0.1, 0.15) is 39.6 Å². The minimum atomic E-state index is -0.475. The average molecular weight is 605 g/mol. The Morgan fingerprint density at radius 1 is 0.872 bits per heavy atom. The summed E-state index contributed by atoms with van der Waals surface area (Å²) in [6, 6.07) is 12.4. The molecule has 0 amide bonds. The van der Waals surface area contributed by atoms with E-state index in [-0.39, 0.29) is 17.1 Å². The van der Waals surface area contributed by atoms with Gasteiger partial charge in [-0.25, -0.2) is 9.18 Å². The van der Waals surface area contributed by atoms with Crippen LogP contribution in [0.2, 0.25) is 0 Å². The van der Waals surface area contributed by atoms with E-state index in [0.717, 1.165) is 30.3 Å². The number of aldehydes is 1. The molecule has 0 spiro atoms. The van der Waals surface area contributed by atoms with E-state index in [0.29, 0.717) is 53.7 Å². The molecule has 210 valence electrons. The van der Waals surface area contributed by atoms with Crippen molar-refractivity contribution in [1.29, 1.82) is 0 Å². The largest absolute Gasteiger partial charge is 0.507 e. The van der Waals surface area contributed by atoms with Crippen LogP contribution in [0, 0.1) is 5.82 Å². The summed E-state index contributed by atoms with van der Waals surface area (Å²) in [5.41, 5.74) is 2.29. The van der Waals surface area contributed by atoms with Gasteiger partial charge < -0.3 is 24.1 Å². The maximum Gasteiger partial charge on any atom is 0.338 e. The molecule has 3 aromatic rings. The molecule has 0 radical (unpaired) electrons. The topological polar surface area (TPSA) is 91.3 Å². The van der Waals surface area contributed by atoms with Crippen LogP contribution in [0.5, 0.6) is 23.0 Å². The minimum Gasteiger partial charge on any atom is -0.507 e. The highest BCUT2D eigenvalue weighted by atomic mass is 79.9. The highest BCUT2D eigenvalue weighted by Crippen LogP contribution is 2.40. The number of aromatic hydroxyl groups is 1. The zero-order valence-corrected chi connectivity index (χ0v) is 24.2.